The molecule has 124 valence electrons. The van der Waals surface area contributed by atoms with Gasteiger partial charge in [0, 0.05) is 13.1 Å². The first-order valence-corrected chi connectivity index (χ1v) is 9.13. The van der Waals surface area contributed by atoms with Crippen molar-refractivity contribution in [1.29, 1.82) is 5.26 Å². The fourth-order valence-electron chi connectivity index (χ4n) is 3.23. The third-order valence-corrected chi connectivity index (χ3v) is 5.59. The first-order valence-electron chi connectivity index (χ1n) is 7.98. The van der Waals surface area contributed by atoms with Crippen LogP contribution in [-0.2, 0) is 10.8 Å². The zero-order valence-corrected chi connectivity index (χ0v) is 15.0. The minimum Gasteiger partial charge on any atom is -0.339 e. The van der Waals surface area contributed by atoms with Crippen LogP contribution in [-0.4, -0.2) is 36.3 Å². The Kier molecular flexibility index (Phi) is 4.70. The van der Waals surface area contributed by atoms with Gasteiger partial charge in [0.25, 0.3) is 0 Å². The highest BCUT2D eigenvalue weighted by atomic mass is 32.2. The lowest BCUT2D eigenvalue weighted by Crippen LogP contribution is -2.32. The Bertz CT molecular complexity index is 826. The van der Waals surface area contributed by atoms with Gasteiger partial charge in [-0.1, -0.05) is 19.1 Å². The summed E-state index contributed by atoms with van der Waals surface area (Å²) in [6, 6.07) is 15.4. The normalized spacial score (nSPS) is 17.1. The van der Waals surface area contributed by atoms with Crippen LogP contribution >= 0.6 is 0 Å². The molecule has 0 aliphatic carbocycles. The lowest BCUT2D eigenvalue weighted by molar-refractivity contribution is 0.342. The van der Waals surface area contributed by atoms with Crippen LogP contribution in [0.15, 0.2) is 52.3 Å². The third kappa shape index (κ3) is 3.08. The first-order chi connectivity index (χ1) is 11.5. The molecule has 24 heavy (non-hydrogen) atoms. The van der Waals surface area contributed by atoms with Crippen molar-refractivity contribution in [2.45, 2.75) is 16.7 Å². The van der Waals surface area contributed by atoms with Crippen LogP contribution < -0.4 is 4.90 Å². The summed E-state index contributed by atoms with van der Waals surface area (Å²) in [5, 5.41) is 9.24. The highest BCUT2D eigenvalue weighted by molar-refractivity contribution is 7.85. The third-order valence-electron chi connectivity index (χ3n) is 4.11. The predicted molar refractivity (Wildman–Crippen MR) is 97.0 cm³/mol. The molecule has 2 aromatic rings. The van der Waals surface area contributed by atoms with Crippen molar-refractivity contribution in [2.24, 2.45) is 5.92 Å². The zero-order chi connectivity index (χ0) is 17.3. The Morgan fingerprint density at radius 3 is 2.58 bits per heavy atom. The molecule has 0 unspecified atom stereocenters. The van der Waals surface area contributed by atoms with Crippen molar-refractivity contribution in [3.63, 3.8) is 0 Å². The van der Waals surface area contributed by atoms with E-state index in [1.54, 1.807) is 6.07 Å². The Morgan fingerprint density at radius 1 is 1.17 bits per heavy atom. The van der Waals surface area contributed by atoms with Gasteiger partial charge in [-0.25, -0.2) is 4.21 Å². The van der Waals surface area contributed by atoms with E-state index in [0.717, 1.165) is 34.3 Å². The summed E-state index contributed by atoms with van der Waals surface area (Å²) in [4.78, 5) is 6.00. The average Bonchev–Trinajstić information content (AvgIpc) is 2.57. The number of nitriles is 1. The van der Waals surface area contributed by atoms with Gasteiger partial charge in [-0.15, -0.1) is 0 Å². The minimum absolute atomic E-state index is 0.429. The number of hydrogen-bond acceptors (Lipinski definition) is 4. The molecule has 1 aliphatic heterocycles. The number of benzene rings is 2. The summed E-state index contributed by atoms with van der Waals surface area (Å²) in [6.07, 6.45) is 0. The van der Waals surface area contributed by atoms with Crippen molar-refractivity contribution in [3.05, 3.63) is 48.0 Å². The maximum absolute atomic E-state index is 12.9. The van der Waals surface area contributed by atoms with Crippen molar-refractivity contribution < 1.29 is 4.21 Å². The number of hydrogen-bond donors (Lipinski definition) is 0. The maximum Gasteiger partial charge on any atom is 0.0992 e. The van der Waals surface area contributed by atoms with Gasteiger partial charge in [0.15, 0.2) is 0 Å². The van der Waals surface area contributed by atoms with Gasteiger partial charge in [0.2, 0.25) is 0 Å². The molecular formula is C19H21N3OS. The molecule has 0 spiro atoms. The molecule has 0 fully saturated rings. The second-order valence-electron chi connectivity index (χ2n) is 6.51. The molecule has 1 aliphatic rings. The van der Waals surface area contributed by atoms with Gasteiger partial charge in [0.1, 0.15) is 0 Å². The van der Waals surface area contributed by atoms with Crippen LogP contribution in [0.4, 0.5) is 11.4 Å². The number of rotatable bonds is 4. The van der Waals surface area contributed by atoms with E-state index in [-0.39, 0.29) is 0 Å². The lowest BCUT2D eigenvalue weighted by atomic mass is 10.1. The van der Waals surface area contributed by atoms with E-state index >= 15 is 0 Å². The molecule has 1 heterocycles. The molecule has 3 rings (SSSR count). The van der Waals surface area contributed by atoms with E-state index in [0.29, 0.717) is 11.5 Å². The fourth-order valence-corrected chi connectivity index (χ4v) is 4.59. The molecule has 0 radical (unpaired) electrons. The standard InChI is InChI=1S/C19H21N3OS/c1-14(12-21(2)3)13-22-16-6-4-5-7-18(16)24(23)19-9-8-15(11-20)10-17(19)22/h4-10,14H,12-13H2,1-3H3/t14-,24+/m0/s1. The van der Waals surface area contributed by atoms with Crippen LogP contribution in [0.25, 0.3) is 0 Å². The second kappa shape index (κ2) is 6.76. The van der Waals surface area contributed by atoms with Crippen molar-refractivity contribution >= 4 is 22.2 Å². The quantitative estimate of drug-likeness (QED) is 0.857. The zero-order valence-electron chi connectivity index (χ0n) is 14.2. The second-order valence-corrected chi connectivity index (χ2v) is 7.93. The summed E-state index contributed by atoms with van der Waals surface area (Å²) >= 11 is 0. The Morgan fingerprint density at radius 2 is 1.88 bits per heavy atom. The smallest absolute Gasteiger partial charge is 0.0992 e. The topological polar surface area (TPSA) is 47.3 Å². The highest BCUT2D eigenvalue weighted by Crippen LogP contribution is 2.42. The van der Waals surface area contributed by atoms with Crippen LogP contribution in [0.1, 0.15) is 12.5 Å². The molecule has 0 amide bonds. The van der Waals surface area contributed by atoms with Crippen molar-refractivity contribution in [1.82, 2.24) is 4.90 Å². The number of para-hydroxylation sites is 1. The van der Waals surface area contributed by atoms with Gasteiger partial charge >= 0.3 is 0 Å². The highest BCUT2D eigenvalue weighted by Gasteiger charge is 2.29. The molecule has 5 heteroatoms. The van der Waals surface area contributed by atoms with E-state index in [1.807, 2.05) is 36.4 Å². The molecule has 0 saturated heterocycles. The van der Waals surface area contributed by atoms with Crippen LogP contribution in [0.3, 0.4) is 0 Å². The predicted octanol–water partition coefficient (Wildman–Crippen LogP) is 3.37. The molecular weight excluding hydrogens is 318 g/mol. The average molecular weight is 339 g/mol. The fraction of sp³-hybridized carbons (Fsp3) is 0.316. The van der Waals surface area contributed by atoms with E-state index in [4.69, 9.17) is 0 Å². The Hall–Kier alpha value is -2.16. The molecule has 0 bridgehead atoms. The summed E-state index contributed by atoms with van der Waals surface area (Å²) in [7, 11) is 2.93. The molecule has 2 atom stereocenters. The minimum atomic E-state index is -1.21. The van der Waals surface area contributed by atoms with Gasteiger partial charge in [0.05, 0.1) is 43.6 Å². The number of nitrogens with zero attached hydrogens (tertiary/aromatic N) is 3. The summed E-state index contributed by atoms with van der Waals surface area (Å²) in [6.45, 7) is 3.99. The number of anilines is 2. The monoisotopic (exact) mass is 339 g/mol. The lowest BCUT2D eigenvalue weighted by Gasteiger charge is -2.35. The van der Waals surface area contributed by atoms with Gasteiger partial charge in [-0.2, -0.15) is 5.26 Å². The maximum atomic E-state index is 12.9. The summed E-state index contributed by atoms with van der Waals surface area (Å²) in [5.74, 6) is 0.429. The summed E-state index contributed by atoms with van der Waals surface area (Å²) in [5.41, 5.74) is 2.45. The Labute approximate surface area is 145 Å². The molecule has 0 aromatic heterocycles. The van der Waals surface area contributed by atoms with Crippen LogP contribution in [0.5, 0.6) is 0 Å². The van der Waals surface area contributed by atoms with E-state index in [1.165, 1.54) is 0 Å². The SMILES string of the molecule is C[C@@H](CN(C)C)CN1c2ccccc2[S@@](=O)c2ccc(C#N)cc21. The van der Waals surface area contributed by atoms with Gasteiger partial charge < -0.3 is 9.80 Å². The molecule has 0 saturated carbocycles. The van der Waals surface area contributed by atoms with Crippen LogP contribution in [0, 0.1) is 17.2 Å². The van der Waals surface area contributed by atoms with E-state index in [9.17, 15) is 9.47 Å². The van der Waals surface area contributed by atoms with Crippen LogP contribution in [0.2, 0.25) is 0 Å². The molecule has 0 N–H and O–H groups in total. The Balaban J connectivity index is 2.09. The van der Waals surface area contributed by atoms with Gasteiger partial charge in [-0.05, 0) is 50.3 Å². The van der Waals surface area contributed by atoms with E-state index in [2.05, 4.69) is 36.9 Å². The van der Waals surface area contributed by atoms with Crippen molar-refractivity contribution in [2.75, 3.05) is 32.1 Å². The van der Waals surface area contributed by atoms with Crippen molar-refractivity contribution in [3.8, 4) is 6.07 Å². The van der Waals surface area contributed by atoms with E-state index < -0.39 is 10.8 Å². The molecule has 2 aromatic carbocycles. The first kappa shape index (κ1) is 16.7. The number of fused-ring (bicyclic) bond motifs is 2. The molecule has 4 nitrogen and oxygen atoms in total. The largest absolute Gasteiger partial charge is 0.339 e. The van der Waals surface area contributed by atoms with Gasteiger partial charge in [-0.3, -0.25) is 0 Å². The summed E-state index contributed by atoms with van der Waals surface area (Å²) < 4.78 is 12.9.